The molecule has 0 aromatic heterocycles. The van der Waals surface area contributed by atoms with Crippen LogP contribution in [0.4, 0.5) is 0 Å². The van der Waals surface area contributed by atoms with E-state index in [2.05, 4.69) is 5.32 Å². The Morgan fingerprint density at radius 1 is 1.30 bits per heavy atom. The van der Waals surface area contributed by atoms with Gasteiger partial charge in [0.05, 0.1) is 17.2 Å². The van der Waals surface area contributed by atoms with Gasteiger partial charge in [0.15, 0.2) is 6.61 Å². The standard InChI is InChI=1S/C15H20ClNO3/c16-12-6-2-3-7-13(12)20-10-14(19)17-15(11-18)8-4-1-5-9-15/h2-3,6-7,18H,1,4-5,8-11H2,(H,17,19). The molecule has 4 nitrogen and oxygen atoms in total. The molecule has 1 aliphatic carbocycles. The summed E-state index contributed by atoms with van der Waals surface area (Å²) in [6.45, 7) is -0.115. The van der Waals surface area contributed by atoms with Crippen molar-refractivity contribution in [3.05, 3.63) is 29.3 Å². The van der Waals surface area contributed by atoms with Crippen LogP contribution in [0.5, 0.6) is 5.75 Å². The molecule has 0 spiro atoms. The maximum atomic E-state index is 12.0. The van der Waals surface area contributed by atoms with Gasteiger partial charge in [0.25, 0.3) is 5.91 Å². The van der Waals surface area contributed by atoms with Gasteiger partial charge in [-0.3, -0.25) is 4.79 Å². The molecule has 0 aliphatic heterocycles. The van der Waals surface area contributed by atoms with Crippen molar-refractivity contribution in [3.8, 4) is 5.75 Å². The molecule has 0 heterocycles. The normalized spacial score (nSPS) is 17.5. The van der Waals surface area contributed by atoms with Crippen LogP contribution in [0.1, 0.15) is 32.1 Å². The summed E-state index contributed by atoms with van der Waals surface area (Å²) in [6.07, 6.45) is 4.87. The van der Waals surface area contributed by atoms with Crippen LogP contribution in [0, 0.1) is 0 Å². The lowest BCUT2D eigenvalue weighted by atomic mass is 9.82. The average molecular weight is 298 g/mol. The fourth-order valence-electron chi connectivity index (χ4n) is 2.59. The van der Waals surface area contributed by atoms with E-state index in [9.17, 15) is 9.90 Å². The van der Waals surface area contributed by atoms with Crippen molar-refractivity contribution in [3.63, 3.8) is 0 Å². The topological polar surface area (TPSA) is 58.6 Å². The molecule has 1 aromatic rings. The molecule has 0 unspecified atom stereocenters. The average Bonchev–Trinajstić information content (AvgIpc) is 2.47. The molecule has 5 heteroatoms. The third-order valence-corrected chi connectivity index (χ3v) is 4.03. The SMILES string of the molecule is O=C(COc1ccccc1Cl)NC1(CO)CCCCC1. The minimum atomic E-state index is -0.473. The third kappa shape index (κ3) is 3.87. The first-order valence-electron chi connectivity index (χ1n) is 6.94. The van der Waals surface area contributed by atoms with E-state index in [1.165, 1.54) is 0 Å². The number of hydrogen-bond donors (Lipinski definition) is 2. The number of aliphatic hydroxyl groups excluding tert-OH is 1. The zero-order valence-corrected chi connectivity index (χ0v) is 12.2. The second kappa shape index (κ2) is 6.95. The van der Waals surface area contributed by atoms with Gasteiger partial charge in [-0.2, -0.15) is 0 Å². The Labute approximate surface area is 124 Å². The first-order chi connectivity index (χ1) is 9.65. The zero-order chi connectivity index (χ0) is 14.4. The Bertz CT molecular complexity index is 458. The highest BCUT2D eigenvalue weighted by Crippen LogP contribution is 2.28. The lowest BCUT2D eigenvalue weighted by molar-refractivity contribution is -0.126. The largest absolute Gasteiger partial charge is 0.482 e. The maximum absolute atomic E-state index is 12.0. The molecule has 1 fully saturated rings. The predicted molar refractivity (Wildman–Crippen MR) is 78.0 cm³/mol. The maximum Gasteiger partial charge on any atom is 0.258 e. The van der Waals surface area contributed by atoms with E-state index in [0.717, 1.165) is 32.1 Å². The number of hydrogen-bond acceptors (Lipinski definition) is 3. The van der Waals surface area contributed by atoms with Crippen LogP contribution >= 0.6 is 11.6 Å². The highest BCUT2D eigenvalue weighted by molar-refractivity contribution is 6.32. The molecule has 1 aromatic carbocycles. The molecule has 1 saturated carbocycles. The zero-order valence-electron chi connectivity index (χ0n) is 11.4. The molecule has 1 aliphatic rings. The smallest absolute Gasteiger partial charge is 0.258 e. The Balaban J connectivity index is 1.87. The van der Waals surface area contributed by atoms with E-state index in [0.29, 0.717) is 10.8 Å². The second-order valence-electron chi connectivity index (χ2n) is 5.27. The van der Waals surface area contributed by atoms with Gasteiger partial charge in [-0.15, -0.1) is 0 Å². The van der Waals surface area contributed by atoms with E-state index in [1.807, 2.05) is 0 Å². The van der Waals surface area contributed by atoms with E-state index in [4.69, 9.17) is 16.3 Å². The van der Waals surface area contributed by atoms with Crippen LogP contribution in [-0.2, 0) is 4.79 Å². The lowest BCUT2D eigenvalue weighted by Crippen LogP contribution is -2.53. The first kappa shape index (κ1) is 15.1. The van der Waals surface area contributed by atoms with Gasteiger partial charge in [0.2, 0.25) is 0 Å². The summed E-state index contributed by atoms with van der Waals surface area (Å²) < 4.78 is 5.40. The summed E-state index contributed by atoms with van der Waals surface area (Å²) in [7, 11) is 0. The van der Waals surface area contributed by atoms with Crippen LogP contribution in [-0.4, -0.2) is 29.8 Å². The second-order valence-corrected chi connectivity index (χ2v) is 5.67. The number of halogens is 1. The molecular weight excluding hydrogens is 278 g/mol. The number of aliphatic hydroxyl groups is 1. The number of amides is 1. The minimum Gasteiger partial charge on any atom is -0.482 e. The Kier molecular flexibility index (Phi) is 5.26. The van der Waals surface area contributed by atoms with E-state index >= 15 is 0 Å². The molecule has 2 rings (SSSR count). The van der Waals surface area contributed by atoms with Crippen LogP contribution in [0.3, 0.4) is 0 Å². The van der Waals surface area contributed by atoms with Crippen LogP contribution < -0.4 is 10.1 Å². The van der Waals surface area contributed by atoms with Gasteiger partial charge in [0.1, 0.15) is 5.75 Å². The number of nitrogens with one attached hydrogen (secondary N) is 1. The van der Waals surface area contributed by atoms with Crippen LogP contribution in [0.15, 0.2) is 24.3 Å². The van der Waals surface area contributed by atoms with Crippen molar-refractivity contribution < 1.29 is 14.6 Å². The fourth-order valence-corrected chi connectivity index (χ4v) is 2.78. The number of para-hydroxylation sites is 1. The van der Waals surface area contributed by atoms with Crippen molar-refractivity contribution in [1.82, 2.24) is 5.32 Å². The van der Waals surface area contributed by atoms with Gasteiger partial charge in [-0.25, -0.2) is 0 Å². The summed E-state index contributed by atoms with van der Waals surface area (Å²) in [4.78, 5) is 12.0. The van der Waals surface area contributed by atoms with Crippen LogP contribution in [0.2, 0.25) is 5.02 Å². The van der Waals surface area contributed by atoms with Gasteiger partial charge < -0.3 is 15.2 Å². The molecule has 110 valence electrons. The lowest BCUT2D eigenvalue weighted by Gasteiger charge is -2.36. The quantitative estimate of drug-likeness (QED) is 0.878. The highest BCUT2D eigenvalue weighted by Gasteiger charge is 2.32. The van der Waals surface area contributed by atoms with Gasteiger partial charge in [0, 0.05) is 0 Å². The summed E-state index contributed by atoms with van der Waals surface area (Å²) in [5.74, 6) is 0.270. The molecule has 2 N–H and O–H groups in total. The monoisotopic (exact) mass is 297 g/mol. The predicted octanol–water partition coefficient (Wildman–Crippen LogP) is 2.53. The minimum absolute atomic E-state index is 0.0230. The summed E-state index contributed by atoms with van der Waals surface area (Å²) >= 11 is 5.96. The fraction of sp³-hybridized carbons (Fsp3) is 0.533. The van der Waals surface area contributed by atoms with Crippen molar-refractivity contribution in [2.45, 2.75) is 37.6 Å². The molecule has 0 radical (unpaired) electrons. The van der Waals surface area contributed by atoms with Crippen molar-refractivity contribution >= 4 is 17.5 Å². The Morgan fingerprint density at radius 3 is 2.65 bits per heavy atom. The first-order valence-corrected chi connectivity index (χ1v) is 7.32. The number of ether oxygens (including phenoxy) is 1. The van der Waals surface area contributed by atoms with Crippen LogP contribution in [0.25, 0.3) is 0 Å². The number of carbonyl (C=O) groups is 1. The van der Waals surface area contributed by atoms with Crippen molar-refractivity contribution in [2.24, 2.45) is 0 Å². The third-order valence-electron chi connectivity index (χ3n) is 3.71. The Morgan fingerprint density at radius 2 is 2.00 bits per heavy atom. The highest BCUT2D eigenvalue weighted by atomic mass is 35.5. The summed E-state index contributed by atoms with van der Waals surface area (Å²) in [5.41, 5.74) is -0.473. The van der Waals surface area contributed by atoms with E-state index in [-0.39, 0.29) is 19.1 Å². The van der Waals surface area contributed by atoms with E-state index < -0.39 is 5.54 Å². The molecule has 20 heavy (non-hydrogen) atoms. The molecule has 1 amide bonds. The molecular formula is C15H20ClNO3. The summed E-state index contributed by atoms with van der Waals surface area (Å²) in [5, 5.41) is 12.9. The van der Waals surface area contributed by atoms with Crippen molar-refractivity contribution in [2.75, 3.05) is 13.2 Å². The number of carbonyl (C=O) groups excluding carboxylic acids is 1. The number of rotatable bonds is 5. The van der Waals surface area contributed by atoms with Gasteiger partial charge >= 0.3 is 0 Å². The van der Waals surface area contributed by atoms with Crippen molar-refractivity contribution in [1.29, 1.82) is 0 Å². The number of benzene rings is 1. The molecule has 0 saturated heterocycles. The summed E-state index contributed by atoms with van der Waals surface area (Å²) in [6, 6.07) is 7.04. The van der Waals surface area contributed by atoms with Gasteiger partial charge in [-0.05, 0) is 25.0 Å². The van der Waals surface area contributed by atoms with Gasteiger partial charge in [-0.1, -0.05) is 43.0 Å². The molecule has 0 atom stereocenters. The molecule has 0 bridgehead atoms. The Hall–Kier alpha value is -1.26. The van der Waals surface area contributed by atoms with E-state index in [1.54, 1.807) is 24.3 Å².